The molecule has 2 heterocycles. The smallest absolute Gasteiger partial charge is 0.191 e. The van der Waals surface area contributed by atoms with Gasteiger partial charge in [-0.25, -0.2) is 0 Å². The fraction of sp³-hybridized carbons (Fsp3) is 0.400. The molecule has 0 saturated carbocycles. The predicted molar refractivity (Wildman–Crippen MR) is 110 cm³/mol. The maximum atomic E-state index is 12.5. The topological polar surface area (TPSA) is 74.8 Å². The van der Waals surface area contributed by atoms with E-state index in [-0.39, 0.29) is 5.78 Å². The molecule has 0 unspecified atom stereocenters. The number of ketones is 1. The second kappa shape index (κ2) is 9.66. The van der Waals surface area contributed by atoms with Crippen molar-refractivity contribution in [3.8, 4) is 11.5 Å². The number of aromatic nitrogens is 5. The van der Waals surface area contributed by atoms with Crippen LogP contribution in [-0.4, -0.2) is 49.8 Å². The zero-order valence-electron chi connectivity index (χ0n) is 16.5. The number of nitrogens with zero attached hydrogens (tertiary/aromatic N) is 5. The lowest BCUT2D eigenvalue weighted by atomic mass is 10.2. The SMILES string of the molecule is CCn1nc(C)cc1-c1nnc(SCC(=O)c2ccccc2)n1CCCOC. The molecule has 0 aliphatic rings. The van der Waals surface area contributed by atoms with Gasteiger partial charge in [0.1, 0.15) is 5.69 Å². The molecule has 0 spiro atoms. The molecule has 0 radical (unpaired) electrons. The van der Waals surface area contributed by atoms with E-state index in [2.05, 4.69) is 26.8 Å². The minimum atomic E-state index is 0.0769. The van der Waals surface area contributed by atoms with E-state index in [0.29, 0.717) is 24.5 Å². The standard InChI is InChI=1S/C20H25N5O2S/c1-4-25-17(13-15(2)23-25)19-21-22-20(24(19)11-8-12-27-3)28-14-18(26)16-9-6-5-7-10-16/h5-7,9-10,13H,4,8,11-12,14H2,1-3H3. The van der Waals surface area contributed by atoms with Crippen molar-refractivity contribution in [1.29, 1.82) is 0 Å². The van der Waals surface area contributed by atoms with Crippen LogP contribution in [0.5, 0.6) is 0 Å². The molecule has 0 bridgehead atoms. The number of hydrogen-bond acceptors (Lipinski definition) is 6. The minimum absolute atomic E-state index is 0.0769. The Kier molecular flexibility index (Phi) is 7.00. The molecule has 0 saturated heterocycles. The van der Waals surface area contributed by atoms with Gasteiger partial charge in [0.2, 0.25) is 0 Å². The number of carbonyl (C=O) groups excluding carboxylic acids is 1. The minimum Gasteiger partial charge on any atom is -0.385 e. The molecule has 148 valence electrons. The van der Waals surface area contributed by atoms with E-state index < -0.39 is 0 Å². The van der Waals surface area contributed by atoms with E-state index in [1.165, 1.54) is 11.8 Å². The van der Waals surface area contributed by atoms with Crippen molar-refractivity contribution in [1.82, 2.24) is 24.5 Å². The summed E-state index contributed by atoms with van der Waals surface area (Å²) in [5.74, 6) is 1.17. The van der Waals surface area contributed by atoms with Crippen LogP contribution in [0.1, 0.15) is 29.4 Å². The third-order valence-electron chi connectivity index (χ3n) is 4.31. The summed E-state index contributed by atoms with van der Waals surface area (Å²) in [5.41, 5.74) is 2.59. The van der Waals surface area contributed by atoms with Crippen molar-refractivity contribution >= 4 is 17.5 Å². The quantitative estimate of drug-likeness (QED) is 0.295. The summed E-state index contributed by atoms with van der Waals surface area (Å²) in [5, 5.41) is 14.0. The van der Waals surface area contributed by atoms with Crippen molar-refractivity contribution in [3.05, 3.63) is 47.7 Å². The van der Waals surface area contributed by atoms with Gasteiger partial charge >= 0.3 is 0 Å². The van der Waals surface area contributed by atoms with Gasteiger partial charge < -0.3 is 9.30 Å². The van der Waals surface area contributed by atoms with Crippen molar-refractivity contribution in [2.24, 2.45) is 0 Å². The molecule has 0 aliphatic carbocycles. The molecule has 0 atom stereocenters. The number of rotatable bonds is 10. The molecule has 0 aliphatic heterocycles. The van der Waals surface area contributed by atoms with Gasteiger partial charge in [0.25, 0.3) is 0 Å². The average Bonchev–Trinajstić information content (AvgIpc) is 3.29. The number of Topliss-reactive ketones (excluding diaryl/α,β-unsaturated/α-hetero) is 1. The van der Waals surface area contributed by atoms with Crippen molar-refractivity contribution in [2.45, 2.75) is 38.5 Å². The molecule has 7 nitrogen and oxygen atoms in total. The maximum absolute atomic E-state index is 12.5. The van der Waals surface area contributed by atoms with Crippen LogP contribution in [0.3, 0.4) is 0 Å². The zero-order chi connectivity index (χ0) is 19.9. The first-order valence-corrected chi connectivity index (χ1v) is 10.3. The van der Waals surface area contributed by atoms with E-state index in [1.807, 2.05) is 48.0 Å². The van der Waals surface area contributed by atoms with E-state index in [0.717, 1.165) is 35.3 Å². The maximum Gasteiger partial charge on any atom is 0.191 e. The largest absolute Gasteiger partial charge is 0.385 e. The van der Waals surface area contributed by atoms with Crippen LogP contribution in [-0.2, 0) is 17.8 Å². The number of benzene rings is 1. The molecule has 2 aromatic heterocycles. The van der Waals surface area contributed by atoms with E-state index in [9.17, 15) is 4.79 Å². The highest BCUT2D eigenvalue weighted by Crippen LogP contribution is 2.26. The van der Waals surface area contributed by atoms with E-state index >= 15 is 0 Å². The van der Waals surface area contributed by atoms with Gasteiger partial charge in [-0.3, -0.25) is 9.48 Å². The van der Waals surface area contributed by atoms with Crippen LogP contribution in [0.2, 0.25) is 0 Å². The lowest BCUT2D eigenvalue weighted by Gasteiger charge is -2.10. The molecule has 1 aromatic carbocycles. The first-order chi connectivity index (χ1) is 13.6. The third-order valence-corrected chi connectivity index (χ3v) is 5.27. The van der Waals surface area contributed by atoms with Gasteiger partial charge in [-0.15, -0.1) is 10.2 Å². The molecular weight excluding hydrogens is 374 g/mol. The second-order valence-electron chi connectivity index (χ2n) is 6.37. The highest BCUT2D eigenvalue weighted by atomic mass is 32.2. The molecule has 8 heteroatoms. The van der Waals surface area contributed by atoms with Crippen molar-refractivity contribution in [3.63, 3.8) is 0 Å². The van der Waals surface area contributed by atoms with Gasteiger partial charge in [-0.1, -0.05) is 42.1 Å². The van der Waals surface area contributed by atoms with Gasteiger partial charge in [0.15, 0.2) is 16.8 Å². The summed E-state index contributed by atoms with van der Waals surface area (Å²) in [6.45, 7) is 6.14. The Balaban J connectivity index is 1.84. The van der Waals surface area contributed by atoms with E-state index in [1.54, 1.807) is 7.11 Å². The fourth-order valence-corrected chi connectivity index (χ4v) is 3.82. The fourth-order valence-electron chi connectivity index (χ4n) is 2.96. The average molecular weight is 400 g/mol. The monoisotopic (exact) mass is 399 g/mol. The normalized spacial score (nSPS) is 11.1. The van der Waals surface area contributed by atoms with Crippen LogP contribution in [0.4, 0.5) is 0 Å². The first-order valence-electron chi connectivity index (χ1n) is 9.32. The first kappa shape index (κ1) is 20.3. The van der Waals surface area contributed by atoms with Gasteiger partial charge in [-0.2, -0.15) is 5.10 Å². The number of thioether (sulfide) groups is 1. The van der Waals surface area contributed by atoms with Crippen LogP contribution in [0.15, 0.2) is 41.6 Å². The van der Waals surface area contributed by atoms with Gasteiger partial charge in [0, 0.05) is 32.4 Å². The summed E-state index contributed by atoms with van der Waals surface area (Å²) in [7, 11) is 1.69. The Bertz CT molecular complexity index is 920. The molecule has 0 fully saturated rings. The lowest BCUT2D eigenvalue weighted by Crippen LogP contribution is -2.09. The highest BCUT2D eigenvalue weighted by molar-refractivity contribution is 7.99. The summed E-state index contributed by atoms with van der Waals surface area (Å²) >= 11 is 1.41. The number of aryl methyl sites for hydroxylation is 2. The van der Waals surface area contributed by atoms with E-state index in [4.69, 9.17) is 4.74 Å². The van der Waals surface area contributed by atoms with Crippen molar-refractivity contribution < 1.29 is 9.53 Å². The molecule has 3 rings (SSSR count). The van der Waals surface area contributed by atoms with Crippen LogP contribution in [0, 0.1) is 6.92 Å². The third kappa shape index (κ3) is 4.69. The lowest BCUT2D eigenvalue weighted by molar-refractivity contribution is 0.102. The summed E-state index contributed by atoms with van der Waals surface area (Å²) in [6, 6.07) is 11.3. The number of ether oxygens (including phenoxy) is 1. The van der Waals surface area contributed by atoms with Crippen molar-refractivity contribution in [2.75, 3.05) is 19.5 Å². The Hall–Kier alpha value is -2.45. The second-order valence-corrected chi connectivity index (χ2v) is 7.31. The van der Waals surface area contributed by atoms with Gasteiger partial charge in [0.05, 0.1) is 11.4 Å². The Labute approximate surface area is 169 Å². The summed E-state index contributed by atoms with van der Waals surface area (Å²) < 4.78 is 9.18. The molecule has 3 aromatic rings. The Morgan fingerprint density at radius 2 is 2.00 bits per heavy atom. The van der Waals surface area contributed by atoms with Crippen LogP contribution < -0.4 is 0 Å². The summed E-state index contributed by atoms with van der Waals surface area (Å²) in [6.07, 6.45) is 0.834. The number of methoxy groups -OCH3 is 1. The van der Waals surface area contributed by atoms with Gasteiger partial charge in [-0.05, 0) is 26.3 Å². The van der Waals surface area contributed by atoms with Crippen LogP contribution in [0.25, 0.3) is 11.5 Å². The molecule has 0 N–H and O–H groups in total. The Morgan fingerprint density at radius 1 is 1.21 bits per heavy atom. The molecule has 0 amide bonds. The zero-order valence-corrected chi connectivity index (χ0v) is 17.3. The predicted octanol–water partition coefficient (Wildman–Crippen LogP) is 3.48. The molecular formula is C20H25N5O2S. The van der Waals surface area contributed by atoms with Crippen LogP contribution >= 0.6 is 11.8 Å². The summed E-state index contributed by atoms with van der Waals surface area (Å²) in [4.78, 5) is 12.5. The Morgan fingerprint density at radius 3 is 2.71 bits per heavy atom. The highest BCUT2D eigenvalue weighted by Gasteiger charge is 2.19. The molecule has 28 heavy (non-hydrogen) atoms. The number of hydrogen-bond donors (Lipinski definition) is 0. The number of carbonyl (C=O) groups is 1.